The van der Waals surface area contributed by atoms with Gasteiger partial charge < -0.3 is 15.7 Å². The molecule has 8 nitrogen and oxygen atoms in total. The minimum absolute atomic E-state index is 0.126. The van der Waals surface area contributed by atoms with Gasteiger partial charge in [0, 0.05) is 18.1 Å². The van der Waals surface area contributed by atoms with E-state index in [1.165, 1.54) is 17.3 Å². The van der Waals surface area contributed by atoms with Crippen molar-refractivity contribution in [3.05, 3.63) is 76.7 Å². The predicted octanol–water partition coefficient (Wildman–Crippen LogP) is 3.50. The average Bonchev–Trinajstić information content (AvgIpc) is 2.74. The number of aliphatic hydroxyl groups is 1. The van der Waals surface area contributed by atoms with E-state index in [4.69, 9.17) is 11.0 Å². The van der Waals surface area contributed by atoms with Gasteiger partial charge in [-0.15, -0.1) is 0 Å². The zero-order valence-electron chi connectivity index (χ0n) is 16.1. The van der Waals surface area contributed by atoms with E-state index in [1.807, 2.05) is 60.5 Å². The monoisotopic (exact) mass is 466 g/mol. The maximum atomic E-state index is 12.3. The molecule has 1 atom stereocenters. The summed E-state index contributed by atoms with van der Waals surface area (Å²) in [6.45, 7) is 0.282. The predicted molar refractivity (Wildman–Crippen MR) is 117 cm³/mol. The van der Waals surface area contributed by atoms with Crippen LogP contribution in [-0.4, -0.2) is 34.7 Å². The number of nitriles is 1. The molecule has 0 unspecified atom stereocenters. The highest BCUT2D eigenvalue weighted by Gasteiger charge is 2.23. The molecule has 0 saturated heterocycles. The van der Waals surface area contributed by atoms with Crippen LogP contribution in [0.2, 0.25) is 0 Å². The van der Waals surface area contributed by atoms with Crippen LogP contribution in [0.15, 0.2) is 65.4 Å². The first-order chi connectivity index (χ1) is 14.4. The third kappa shape index (κ3) is 4.74. The Morgan fingerprint density at radius 1 is 1.20 bits per heavy atom. The lowest BCUT2D eigenvalue weighted by Crippen LogP contribution is -2.34. The first-order valence-corrected chi connectivity index (χ1v) is 9.75. The van der Waals surface area contributed by atoms with Gasteiger partial charge in [0.05, 0.1) is 29.9 Å². The van der Waals surface area contributed by atoms with Crippen molar-refractivity contribution in [2.24, 2.45) is 5.73 Å². The van der Waals surface area contributed by atoms with Crippen LogP contribution in [0, 0.1) is 11.3 Å². The first-order valence-electron chi connectivity index (χ1n) is 8.96. The molecule has 0 spiro atoms. The average molecular weight is 467 g/mol. The van der Waals surface area contributed by atoms with Crippen LogP contribution in [-0.2, 0) is 0 Å². The number of carbonyl (C=O) groups is 1. The number of urea groups is 1. The van der Waals surface area contributed by atoms with E-state index in [-0.39, 0.29) is 18.1 Å². The Morgan fingerprint density at radius 2 is 1.93 bits per heavy atom. The van der Waals surface area contributed by atoms with Gasteiger partial charge in [0.25, 0.3) is 0 Å². The largest absolute Gasteiger partial charge is 0.387 e. The second kappa shape index (κ2) is 9.35. The molecule has 1 aromatic heterocycles. The van der Waals surface area contributed by atoms with Crippen LogP contribution in [0.25, 0.3) is 0 Å². The Labute approximate surface area is 182 Å². The standard InChI is InChI=1S/C21H19BrN6O2/c1-27(13-19(29)14-5-3-2-4-6-14)17-8-7-15(22)9-18(17)28(21(24)30)20-12-25-16(10-23)11-26-20/h2-9,11-12,19,29H,13H2,1H3,(H2,24,30)/t19-/m0/s1. The highest BCUT2D eigenvalue weighted by Crippen LogP contribution is 2.36. The van der Waals surface area contributed by atoms with E-state index in [9.17, 15) is 9.90 Å². The number of amides is 2. The van der Waals surface area contributed by atoms with E-state index in [1.54, 1.807) is 6.07 Å². The van der Waals surface area contributed by atoms with Crippen molar-refractivity contribution in [3.63, 3.8) is 0 Å². The topological polar surface area (TPSA) is 119 Å². The van der Waals surface area contributed by atoms with Crippen LogP contribution in [0.1, 0.15) is 17.4 Å². The molecule has 2 aromatic carbocycles. The summed E-state index contributed by atoms with van der Waals surface area (Å²) < 4.78 is 0.728. The fourth-order valence-corrected chi connectivity index (χ4v) is 3.34. The molecule has 1 heterocycles. The summed E-state index contributed by atoms with van der Waals surface area (Å²) >= 11 is 3.42. The number of hydrogen-bond acceptors (Lipinski definition) is 6. The van der Waals surface area contributed by atoms with Gasteiger partial charge in [0.2, 0.25) is 0 Å². The number of hydrogen-bond donors (Lipinski definition) is 2. The molecule has 0 fully saturated rings. The van der Waals surface area contributed by atoms with E-state index >= 15 is 0 Å². The fourth-order valence-electron chi connectivity index (χ4n) is 2.99. The number of rotatable bonds is 6. The molecule has 0 saturated carbocycles. The van der Waals surface area contributed by atoms with Crippen LogP contribution in [0.3, 0.4) is 0 Å². The maximum absolute atomic E-state index is 12.3. The zero-order chi connectivity index (χ0) is 21.7. The molecule has 3 N–H and O–H groups in total. The quantitative estimate of drug-likeness (QED) is 0.573. The summed E-state index contributed by atoms with van der Waals surface area (Å²) in [6, 6.07) is 15.8. The van der Waals surface area contributed by atoms with Crippen LogP contribution in [0.5, 0.6) is 0 Å². The van der Waals surface area contributed by atoms with Crippen molar-refractivity contribution < 1.29 is 9.90 Å². The van der Waals surface area contributed by atoms with Crippen LogP contribution in [0.4, 0.5) is 22.0 Å². The van der Waals surface area contributed by atoms with Crippen molar-refractivity contribution in [1.29, 1.82) is 5.26 Å². The van der Waals surface area contributed by atoms with E-state index in [0.29, 0.717) is 11.4 Å². The van der Waals surface area contributed by atoms with Gasteiger partial charge in [0.15, 0.2) is 11.5 Å². The third-order valence-corrected chi connectivity index (χ3v) is 4.92. The van der Waals surface area contributed by atoms with Crippen molar-refractivity contribution in [3.8, 4) is 6.07 Å². The van der Waals surface area contributed by atoms with Gasteiger partial charge in [-0.25, -0.2) is 19.7 Å². The smallest absolute Gasteiger partial charge is 0.325 e. The lowest BCUT2D eigenvalue weighted by molar-refractivity contribution is 0.185. The molecular formula is C21H19BrN6O2. The Morgan fingerprint density at radius 3 is 2.53 bits per heavy atom. The number of aromatic nitrogens is 2. The Kier molecular flexibility index (Phi) is 6.61. The molecule has 9 heteroatoms. The number of nitrogens with zero attached hydrogens (tertiary/aromatic N) is 5. The fraction of sp³-hybridized carbons (Fsp3) is 0.143. The van der Waals surface area contributed by atoms with Gasteiger partial charge in [-0.3, -0.25) is 0 Å². The number of anilines is 3. The molecule has 0 aliphatic heterocycles. The summed E-state index contributed by atoms with van der Waals surface area (Å²) in [4.78, 5) is 23.5. The summed E-state index contributed by atoms with van der Waals surface area (Å²) in [6.07, 6.45) is 1.85. The first kappa shape index (κ1) is 21.2. The second-order valence-corrected chi connectivity index (χ2v) is 7.40. The molecule has 3 rings (SSSR count). The number of likely N-dealkylation sites (N-methyl/N-ethyl adjacent to an activating group) is 1. The minimum Gasteiger partial charge on any atom is -0.387 e. The lowest BCUT2D eigenvalue weighted by Gasteiger charge is -2.29. The highest BCUT2D eigenvalue weighted by atomic mass is 79.9. The number of nitrogens with two attached hydrogens (primary N) is 1. The van der Waals surface area contributed by atoms with Gasteiger partial charge in [-0.2, -0.15) is 5.26 Å². The summed E-state index contributed by atoms with van der Waals surface area (Å²) in [5.41, 5.74) is 7.67. The second-order valence-electron chi connectivity index (χ2n) is 6.49. The van der Waals surface area contributed by atoms with Crippen molar-refractivity contribution in [2.75, 3.05) is 23.4 Å². The molecule has 2 amide bonds. The van der Waals surface area contributed by atoms with Gasteiger partial charge in [-0.05, 0) is 23.8 Å². The highest BCUT2D eigenvalue weighted by molar-refractivity contribution is 9.10. The molecule has 0 aliphatic rings. The summed E-state index contributed by atoms with van der Waals surface area (Å²) in [7, 11) is 1.81. The van der Waals surface area contributed by atoms with Crippen LogP contribution < -0.4 is 15.5 Å². The van der Waals surface area contributed by atoms with Gasteiger partial charge in [-0.1, -0.05) is 46.3 Å². The SMILES string of the molecule is CN(C[C@H](O)c1ccccc1)c1ccc(Br)cc1N(C(N)=O)c1cnc(C#N)cn1. The Balaban J connectivity index is 1.98. The number of halogens is 1. The van der Waals surface area contributed by atoms with Gasteiger partial charge in [0.1, 0.15) is 6.07 Å². The Bertz CT molecular complexity index is 1070. The Hall–Kier alpha value is -3.48. The molecule has 0 bridgehead atoms. The van der Waals surface area contributed by atoms with E-state index in [0.717, 1.165) is 10.0 Å². The molecular weight excluding hydrogens is 448 g/mol. The van der Waals surface area contributed by atoms with Crippen molar-refractivity contribution in [1.82, 2.24) is 9.97 Å². The van der Waals surface area contributed by atoms with E-state index < -0.39 is 12.1 Å². The minimum atomic E-state index is -0.759. The zero-order valence-corrected chi connectivity index (χ0v) is 17.7. The molecule has 152 valence electrons. The normalized spacial score (nSPS) is 11.4. The van der Waals surface area contributed by atoms with Crippen molar-refractivity contribution in [2.45, 2.75) is 6.10 Å². The summed E-state index contributed by atoms with van der Waals surface area (Å²) in [5, 5.41) is 19.5. The van der Waals surface area contributed by atoms with E-state index in [2.05, 4.69) is 25.9 Å². The molecule has 0 radical (unpaired) electrons. The molecule has 0 aliphatic carbocycles. The lowest BCUT2D eigenvalue weighted by atomic mass is 10.1. The van der Waals surface area contributed by atoms with Crippen molar-refractivity contribution >= 4 is 39.2 Å². The number of aliphatic hydroxyl groups excluding tert-OH is 1. The maximum Gasteiger partial charge on any atom is 0.325 e. The number of carbonyl (C=O) groups excluding carboxylic acids is 1. The molecule has 3 aromatic rings. The number of primary amides is 1. The van der Waals surface area contributed by atoms with Crippen LogP contribution >= 0.6 is 15.9 Å². The third-order valence-electron chi connectivity index (χ3n) is 4.42. The summed E-state index contributed by atoms with van der Waals surface area (Å²) in [5.74, 6) is 0.179. The van der Waals surface area contributed by atoms with Gasteiger partial charge >= 0.3 is 6.03 Å². The number of benzene rings is 2. The molecule has 30 heavy (non-hydrogen) atoms.